The first-order chi connectivity index (χ1) is 13.2. The smallest absolute Gasteiger partial charge is 0.300 e. The molecule has 28 heavy (non-hydrogen) atoms. The van der Waals surface area contributed by atoms with Crippen molar-refractivity contribution in [1.29, 1.82) is 0 Å². The van der Waals surface area contributed by atoms with Crippen molar-refractivity contribution in [2.24, 2.45) is 0 Å². The number of carboxylic acids is 2. The minimum absolute atomic E-state index is 0.630. The highest BCUT2D eigenvalue weighted by Crippen LogP contribution is 2.15. The first-order valence-electron chi connectivity index (χ1n) is 8.44. The molecule has 4 N–H and O–H groups in total. The van der Waals surface area contributed by atoms with E-state index < -0.39 is 24.1 Å². The molecule has 0 aliphatic rings. The van der Waals surface area contributed by atoms with Crippen LogP contribution in [0.1, 0.15) is 37.2 Å². The van der Waals surface area contributed by atoms with Crippen molar-refractivity contribution in [2.45, 2.75) is 26.1 Å². The summed E-state index contributed by atoms with van der Waals surface area (Å²) in [6, 6.07) is 18.9. The summed E-state index contributed by atoms with van der Waals surface area (Å²) in [7, 11) is 0. The quantitative estimate of drug-likeness (QED) is 0.582. The molecule has 6 heteroatoms. The molecule has 2 aromatic rings. The summed E-state index contributed by atoms with van der Waals surface area (Å²) < 4.78 is 0. The van der Waals surface area contributed by atoms with E-state index in [4.69, 9.17) is 19.8 Å². The fourth-order valence-corrected chi connectivity index (χ4v) is 1.86. The van der Waals surface area contributed by atoms with Gasteiger partial charge in [-0.2, -0.15) is 0 Å². The van der Waals surface area contributed by atoms with Crippen molar-refractivity contribution in [3.63, 3.8) is 0 Å². The lowest BCUT2D eigenvalue weighted by molar-refractivity contribution is -0.135. The minimum atomic E-state index is -0.833. The van der Waals surface area contributed by atoms with E-state index in [0.29, 0.717) is 0 Å². The fraction of sp³-hybridized carbons (Fsp3) is 0.182. The number of aliphatic hydroxyl groups is 2. The Morgan fingerprint density at radius 2 is 0.929 bits per heavy atom. The molecule has 0 spiro atoms. The van der Waals surface area contributed by atoms with E-state index in [0.717, 1.165) is 25.0 Å². The van der Waals surface area contributed by atoms with Gasteiger partial charge in [0.25, 0.3) is 11.9 Å². The number of allylic oxidation sites excluding steroid dienone is 2. The minimum Gasteiger partial charge on any atom is -0.481 e. The molecular formula is C22H26O6. The second-order valence-electron chi connectivity index (χ2n) is 5.52. The van der Waals surface area contributed by atoms with Gasteiger partial charge in [0.15, 0.2) is 0 Å². The van der Waals surface area contributed by atoms with Crippen molar-refractivity contribution in [1.82, 2.24) is 0 Å². The van der Waals surface area contributed by atoms with Gasteiger partial charge in [-0.1, -0.05) is 85.0 Å². The third-order valence-corrected chi connectivity index (χ3v) is 2.98. The summed E-state index contributed by atoms with van der Waals surface area (Å²) in [5.41, 5.74) is 1.70. The van der Waals surface area contributed by atoms with Crippen LogP contribution < -0.4 is 0 Å². The van der Waals surface area contributed by atoms with Gasteiger partial charge in [0, 0.05) is 13.8 Å². The number of hydrogen-bond acceptors (Lipinski definition) is 4. The van der Waals surface area contributed by atoms with Crippen LogP contribution >= 0.6 is 0 Å². The average molecular weight is 386 g/mol. The highest BCUT2D eigenvalue weighted by molar-refractivity contribution is 5.63. The van der Waals surface area contributed by atoms with Crippen LogP contribution in [0.25, 0.3) is 0 Å². The van der Waals surface area contributed by atoms with E-state index in [1.54, 1.807) is 24.3 Å². The molecule has 0 heterocycles. The molecule has 0 aliphatic carbocycles. The lowest BCUT2D eigenvalue weighted by Crippen LogP contribution is -1.92. The largest absolute Gasteiger partial charge is 0.481 e. The molecule has 0 bridgehead atoms. The molecule has 0 aliphatic heterocycles. The topological polar surface area (TPSA) is 115 Å². The van der Waals surface area contributed by atoms with Gasteiger partial charge < -0.3 is 20.4 Å². The summed E-state index contributed by atoms with van der Waals surface area (Å²) in [6.07, 6.45) is 5.59. The Hall–Kier alpha value is -3.22. The molecule has 0 saturated heterocycles. The molecule has 6 nitrogen and oxygen atoms in total. The second-order valence-corrected chi connectivity index (χ2v) is 5.52. The standard InChI is InChI=1S/C18H18O2.2C2H4O2/c19-17(15-9-3-1-4-10-15)13-7-8-14-18(20)16-11-5-2-6-12-16;2*1-2(3)4/h1-14,17-20H;2*1H3,(H,3,4). The van der Waals surface area contributed by atoms with Crippen LogP contribution in [0.3, 0.4) is 0 Å². The number of carbonyl (C=O) groups is 2. The molecule has 0 saturated carbocycles. The zero-order valence-corrected chi connectivity index (χ0v) is 15.8. The van der Waals surface area contributed by atoms with E-state index in [1.807, 2.05) is 60.7 Å². The van der Waals surface area contributed by atoms with Gasteiger partial charge in [0.05, 0.1) is 12.2 Å². The van der Waals surface area contributed by atoms with E-state index in [1.165, 1.54) is 0 Å². The molecule has 2 rings (SSSR count). The predicted octanol–water partition coefficient (Wildman–Crippen LogP) is 3.75. The van der Waals surface area contributed by atoms with E-state index in [-0.39, 0.29) is 0 Å². The Kier molecular flexibility index (Phi) is 13.2. The Labute approximate surface area is 164 Å². The van der Waals surface area contributed by atoms with Crippen LogP contribution in [-0.2, 0) is 9.59 Å². The Morgan fingerprint density at radius 1 is 0.679 bits per heavy atom. The third kappa shape index (κ3) is 14.0. The SMILES string of the molecule is CC(=O)O.CC(=O)O.OC(C=CC=CC(O)c1ccccc1)c1ccccc1. The van der Waals surface area contributed by atoms with E-state index in [2.05, 4.69) is 0 Å². The Morgan fingerprint density at radius 3 is 1.18 bits per heavy atom. The van der Waals surface area contributed by atoms with Crippen molar-refractivity contribution < 1.29 is 30.0 Å². The number of rotatable bonds is 5. The van der Waals surface area contributed by atoms with Crippen molar-refractivity contribution in [2.75, 3.05) is 0 Å². The molecule has 150 valence electrons. The fourth-order valence-electron chi connectivity index (χ4n) is 1.86. The number of benzene rings is 2. The van der Waals surface area contributed by atoms with Crippen LogP contribution in [0, 0.1) is 0 Å². The molecule has 2 atom stereocenters. The normalized spacial score (nSPS) is 12.3. The maximum Gasteiger partial charge on any atom is 0.300 e. The summed E-state index contributed by atoms with van der Waals surface area (Å²) in [5.74, 6) is -1.67. The number of hydrogen-bond donors (Lipinski definition) is 4. The maximum absolute atomic E-state index is 9.92. The van der Waals surface area contributed by atoms with Crippen molar-refractivity contribution in [3.8, 4) is 0 Å². The van der Waals surface area contributed by atoms with Crippen LogP contribution in [0.4, 0.5) is 0 Å². The van der Waals surface area contributed by atoms with Crippen molar-refractivity contribution in [3.05, 3.63) is 96.1 Å². The van der Waals surface area contributed by atoms with Crippen LogP contribution in [-0.4, -0.2) is 32.4 Å². The molecule has 2 unspecified atom stereocenters. The highest BCUT2D eigenvalue weighted by Gasteiger charge is 2.01. The molecule has 0 fully saturated rings. The van der Waals surface area contributed by atoms with E-state index >= 15 is 0 Å². The monoisotopic (exact) mass is 386 g/mol. The molecule has 0 aromatic heterocycles. The predicted molar refractivity (Wildman–Crippen MR) is 108 cm³/mol. The van der Waals surface area contributed by atoms with Crippen molar-refractivity contribution >= 4 is 11.9 Å². The highest BCUT2D eigenvalue weighted by atomic mass is 16.4. The summed E-state index contributed by atoms with van der Waals surface area (Å²) in [5, 5.41) is 34.7. The van der Waals surface area contributed by atoms with Gasteiger partial charge in [-0.05, 0) is 11.1 Å². The van der Waals surface area contributed by atoms with Crippen LogP contribution in [0.5, 0.6) is 0 Å². The lowest BCUT2D eigenvalue weighted by Gasteiger charge is -2.05. The van der Waals surface area contributed by atoms with Gasteiger partial charge in [0.1, 0.15) is 0 Å². The summed E-state index contributed by atoms with van der Waals surface area (Å²) in [6.45, 7) is 2.17. The molecular weight excluding hydrogens is 360 g/mol. The van der Waals surface area contributed by atoms with E-state index in [9.17, 15) is 10.2 Å². The van der Waals surface area contributed by atoms with Gasteiger partial charge >= 0.3 is 0 Å². The van der Waals surface area contributed by atoms with Gasteiger partial charge in [-0.3, -0.25) is 9.59 Å². The first-order valence-corrected chi connectivity index (χ1v) is 8.44. The van der Waals surface area contributed by atoms with Crippen LogP contribution in [0.15, 0.2) is 85.0 Å². The molecule has 2 aromatic carbocycles. The molecule has 0 amide bonds. The molecule has 0 radical (unpaired) electrons. The number of carboxylic acid groups (broad SMARTS) is 2. The summed E-state index contributed by atoms with van der Waals surface area (Å²) in [4.78, 5) is 18.0. The third-order valence-electron chi connectivity index (χ3n) is 2.98. The van der Waals surface area contributed by atoms with Gasteiger partial charge in [0.2, 0.25) is 0 Å². The Balaban J connectivity index is 0.000000776. The Bertz CT molecular complexity index is 665. The number of aliphatic hydroxyl groups excluding tert-OH is 2. The van der Waals surface area contributed by atoms with Gasteiger partial charge in [-0.15, -0.1) is 0 Å². The number of aliphatic carboxylic acids is 2. The first kappa shape index (κ1) is 24.8. The zero-order chi connectivity index (χ0) is 21.4. The van der Waals surface area contributed by atoms with Gasteiger partial charge in [-0.25, -0.2) is 0 Å². The lowest BCUT2D eigenvalue weighted by atomic mass is 10.1. The average Bonchev–Trinajstić information content (AvgIpc) is 2.65. The zero-order valence-electron chi connectivity index (χ0n) is 15.8. The maximum atomic E-state index is 9.92. The summed E-state index contributed by atoms with van der Waals surface area (Å²) >= 11 is 0. The second kappa shape index (κ2) is 14.9. The van der Waals surface area contributed by atoms with Crippen LogP contribution in [0.2, 0.25) is 0 Å².